The number of carbonyl (C=O) groups excluding carboxylic acids is 1. The van der Waals surface area contributed by atoms with Crippen LogP contribution in [0.15, 0.2) is 0 Å². The topological polar surface area (TPSA) is 47.3 Å². The Morgan fingerprint density at radius 3 is 2.61 bits per heavy atom. The second-order valence-corrected chi connectivity index (χ2v) is 5.96. The van der Waals surface area contributed by atoms with E-state index in [1.54, 1.807) is 0 Å². The molecule has 0 aromatic carbocycles. The molecule has 0 N–H and O–H groups in total. The lowest BCUT2D eigenvalue weighted by Crippen LogP contribution is -2.47. The molecule has 1 aliphatic carbocycles. The van der Waals surface area contributed by atoms with Crippen LogP contribution in [-0.4, -0.2) is 48.9 Å². The molecule has 0 aromatic rings. The van der Waals surface area contributed by atoms with Crippen LogP contribution in [0.1, 0.15) is 38.5 Å². The number of nitriles is 1. The molecule has 1 amide bonds. The molecule has 1 heterocycles. The molecule has 2 fully saturated rings. The third kappa shape index (κ3) is 2.37. The zero-order valence-corrected chi connectivity index (χ0v) is 11.5. The SMILES string of the molecule is CN(C)CC1CCCN1C(=O)C1(C#N)CCCC1. The van der Waals surface area contributed by atoms with Crippen LogP contribution < -0.4 is 0 Å². The molecule has 0 spiro atoms. The van der Waals surface area contributed by atoms with E-state index in [1.165, 1.54) is 0 Å². The number of rotatable bonds is 3. The van der Waals surface area contributed by atoms with Crippen molar-refractivity contribution in [1.82, 2.24) is 9.80 Å². The Morgan fingerprint density at radius 1 is 1.39 bits per heavy atom. The molecule has 0 bridgehead atoms. The molecule has 1 atom stereocenters. The van der Waals surface area contributed by atoms with E-state index in [1.807, 2.05) is 19.0 Å². The maximum atomic E-state index is 12.7. The van der Waals surface area contributed by atoms with Crippen molar-refractivity contribution < 1.29 is 4.79 Å². The fraction of sp³-hybridized carbons (Fsp3) is 0.857. The maximum Gasteiger partial charge on any atom is 0.243 e. The molecule has 18 heavy (non-hydrogen) atoms. The fourth-order valence-electron chi connectivity index (χ4n) is 3.34. The molecule has 1 aliphatic heterocycles. The van der Waals surface area contributed by atoms with Crippen molar-refractivity contribution in [3.63, 3.8) is 0 Å². The minimum absolute atomic E-state index is 0.104. The Kier molecular flexibility index (Phi) is 3.91. The number of carbonyl (C=O) groups is 1. The van der Waals surface area contributed by atoms with Gasteiger partial charge in [0.15, 0.2) is 0 Å². The van der Waals surface area contributed by atoms with Crippen molar-refractivity contribution >= 4 is 5.91 Å². The highest BCUT2D eigenvalue weighted by Gasteiger charge is 2.46. The van der Waals surface area contributed by atoms with Crippen molar-refractivity contribution in [3.05, 3.63) is 0 Å². The van der Waals surface area contributed by atoms with Crippen molar-refractivity contribution in [2.45, 2.75) is 44.6 Å². The van der Waals surface area contributed by atoms with Gasteiger partial charge in [-0.25, -0.2) is 0 Å². The summed E-state index contributed by atoms with van der Waals surface area (Å²) in [6.45, 7) is 1.74. The molecular weight excluding hydrogens is 226 g/mol. The molecule has 2 aliphatic rings. The molecule has 0 radical (unpaired) electrons. The van der Waals surface area contributed by atoms with E-state index in [-0.39, 0.29) is 5.91 Å². The number of hydrogen-bond acceptors (Lipinski definition) is 3. The summed E-state index contributed by atoms with van der Waals surface area (Å²) in [5.41, 5.74) is -0.700. The van der Waals surface area contributed by atoms with E-state index >= 15 is 0 Å². The Morgan fingerprint density at radius 2 is 2.06 bits per heavy atom. The molecule has 4 nitrogen and oxygen atoms in total. The molecule has 1 saturated carbocycles. The lowest BCUT2D eigenvalue weighted by Gasteiger charge is -2.32. The molecule has 0 aromatic heterocycles. The molecule has 1 saturated heterocycles. The summed E-state index contributed by atoms with van der Waals surface area (Å²) < 4.78 is 0. The lowest BCUT2D eigenvalue weighted by molar-refractivity contribution is -0.139. The molecular formula is C14H23N3O. The Hall–Kier alpha value is -1.08. The molecule has 4 heteroatoms. The first kappa shape index (κ1) is 13.4. The summed E-state index contributed by atoms with van der Waals surface area (Å²) >= 11 is 0. The second-order valence-electron chi connectivity index (χ2n) is 5.96. The minimum atomic E-state index is -0.700. The van der Waals surface area contributed by atoms with Gasteiger partial charge in [-0.1, -0.05) is 12.8 Å². The summed E-state index contributed by atoms with van der Waals surface area (Å²) in [6.07, 6.45) is 5.70. The first-order chi connectivity index (χ1) is 8.59. The highest BCUT2D eigenvalue weighted by molar-refractivity contribution is 5.86. The van der Waals surface area contributed by atoms with E-state index in [2.05, 4.69) is 11.0 Å². The predicted molar refractivity (Wildman–Crippen MR) is 69.8 cm³/mol. The summed E-state index contributed by atoms with van der Waals surface area (Å²) in [5.74, 6) is 0.104. The van der Waals surface area contributed by atoms with Gasteiger partial charge in [-0.05, 0) is 39.8 Å². The van der Waals surface area contributed by atoms with Crippen LogP contribution in [0.4, 0.5) is 0 Å². The van der Waals surface area contributed by atoms with Crippen LogP contribution in [-0.2, 0) is 4.79 Å². The van der Waals surface area contributed by atoms with Gasteiger partial charge in [0.25, 0.3) is 0 Å². The number of likely N-dealkylation sites (tertiary alicyclic amines) is 1. The van der Waals surface area contributed by atoms with E-state index < -0.39 is 5.41 Å². The summed E-state index contributed by atoms with van der Waals surface area (Å²) in [6, 6.07) is 2.63. The van der Waals surface area contributed by atoms with Crippen LogP contribution in [0.25, 0.3) is 0 Å². The van der Waals surface area contributed by atoms with E-state index in [9.17, 15) is 10.1 Å². The smallest absolute Gasteiger partial charge is 0.243 e. The van der Waals surface area contributed by atoms with E-state index in [0.29, 0.717) is 6.04 Å². The highest BCUT2D eigenvalue weighted by Crippen LogP contribution is 2.40. The number of hydrogen-bond donors (Lipinski definition) is 0. The van der Waals surface area contributed by atoms with Crippen molar-refractivity contribution in [3.8, 4) is 6.07 Å². The zero-order chi connectivity index (χ0) is 13.2. The maximum absolute atomic E-state index is 12.7. The molecule has 100 valence electrons. The van der Waals surface area contributed by atoms with Gasteiger partial charge in [-0.15, -0.1) is 0 Å². The Labute approximate surface area is 110 Å². The first-order valence-corrected chi connectivity index (χ1v) is 6.96. The van der Waals surface area contributed by atoms with Gasteiger partial charge in [-0.3, -0.25) is 4.79 Å². The van der Waals surface area contributed by atoms with Gasteiger partial charge in [-0.2, -0.15) is 5.26 Å². The van der Waals surface area contributed by atoms with E-state index in [0.717, 1.165) is 51.6 Å². The van der Waals surface area contributed by atoms with Crippen LogP contribution in [0, 0.1) is 16.7 Å². The number of likely N-dealkylation sites (N-methyl/N-ethyl adjacent to an activating group) is 1. The number of nitrogens with zero attached hydrogens (tertiary/aromatic N) is 3. The van der Waals surface area contributed by atoms with E-state index in [4.69, 9.17) is 0 Å². The summed E-state index contributed by atoms with van der Waals surface area (Å²) in [7, 11) is 4.08. The standard InChI is InChI=1S/C14H23N3O/c1-16(2)10-12-6-5-9-17(12)13(18)14(11-15)7-3-4-8-14/h12H,3-10H2,1-2H3. The van der Waals surface area contributed by atoms with Gasteiger partial charge in [0.1, 0.15) is 5.41 Å². The Balaban J connectivity index is 2.10. The largest absolute Gasteiger partial charge is 0.337 e. The summed E-state index contributed by atoms with van der Waals surface area (Å²) in [4.78, 5) is 16.8. The van der Waals surface area contributed by atoms with Gasteiger partial charge in [0.05, 0.1) is 6.07 Å². The van der Waals surface area contributed by atoms with Crippen LogP contribution in [0.2, 0.25) is 0 Å². The average molecular weight is 249 g/mol. The first-order valence-electron chi connectivity index (χ1n) is 6.96. The third-order valence-corrected chi connectivity index (χ3v) is 4.29. The average Bonchev–Trinajstić information content (AvgIpc) is 2.96. The van der Waals surface area contributed by atoms with Crippen molar-refractivity contribution in [2.24, 2.45) is 5.41 Å². The normalized spacial score (nSPS) is 26.6. The monoisotopic (exact) mass is 249 g/mol. The second kappa shape index (κ2) is 5.27. The van der Waals surface area contributed by atoms with Gasteiger partial charge in [0.2, 0.25) is 5.91 Å². The van der Waals surface area contributed by atoms with Crippen LogP contribution >= 0.6 is 0 Å². The highest BCUT2D eigenvalue weighted by atomic mass is 16.2. The predicted octanol–water partition coefficient (Wildman–Crippen LogP) is 1.62. The molecule has 1 unspecified atom stereocenters. The van der Waals surface area contributed by atoms with Crippen molar-refractivity contribution in [1.29, 1.82) is 5.26 Å². The Bertz CT molecular complexity index is 353. The zero-order valence-electron chi connectivity index (χ0n) is 11.5. The van der Waals surface area contributed by atoms with Gasteiger partial charge < -0.3 is 9.80 Å². The van der Waals surface area contributed by atoms with Crippen molar-refractivity contribution in [2.75, 3.05) is 27.2 Å². The fourth-order valence-corrected chi connectivity index (χ4v) is 3.34. The van der Waals surface area contributed by atoms with Gasteiger partial charge >= 0.3 is 0 Å². The van der Waals surface area contributed by atoms with Crippen LogP contribution in [0.5, 0.6) is 0 Å². The lowest BCUT2D eigenvalue weighted by atomic mass is 9.86. The van der Waals surface area contributed by atoms with Crippen LogP contribution in [0.3, 0.4) is 0 Å². The number of amides is 1. The summed E-state index contributed by atoms with van der Waals surface area (Å²) in [5, 5.41) is 9.41. The minimum Gasteiger partial charge on any atom is -0.337 e. The molecule has 2 rings (SSSR count). The quantitative estimate of drug-likeness (QED) is 0.763. The van der Waals surface area contributed by atoms with Gasteiger partial charge in [0, 0.05) is 19.1 Å². The third-order valence-electron chi connectivity index (χ3n) is 4.29.